The zero-order valence-electron chi connectivity index (χ0n) is 12.9. The quantitative estimate of drug-likeness (QED) is 0.640. The van der Waals surface area contributed by atoms with Gasteiger partial charge in [-0.05, 0) is 37.6 Å². The summed E-state index contributed by atoms with van der Waals surface area (Å²) in [7, 11) is 2.10. The monoisotopic (exact) mass is 310 g/mol. The number of hydrogen-bond acceptors (Lipinski definition) is 4. The maximum absolute atomic E-state index is 6.11. The van der Waals surface area contributed by atoms with Crippen molar-refractivity contribution in [1.82, 2.24) is 4.90 Å². The number of benzene rings is 2. The summed E-state index contributed by atoms with van der Waals surface area (Å²) in [6, 6.07) is 12.4. The number of anilines is 1. The lowest BCUT2D eigenvalue weighted by atomic mass is 10.1. The Balaban J connectivity index is 1.83. The number of hydrogen-bond donors (Lipinski definition) is 0. The molecule has 2 aliphatic heterocycles. The van der Waals surface area contributed by atoms with E-state index < -0.39 is 0 Å². The normalized spacial score (nSPS) is 19.0. The van der Waals surface area contributed by atoms with Gasteiger partial charge in [-0.15, -0.1) is 0 Å². The molecule has 0 saturated heterocycles. The molecular weight excluding hydrogens is 292 g/mol. The molecule has 2 aromatic carbocycles. The van der Waals surface area contributed by atoms with Crippen molar-refractivity contribution in [3.05, 3.63) is 54.4 Å². The maximum Gasteiger partial charge on any atom is 0.143 e. The molecule has 0 aliphatic carbocycles. The molecule has 0 spiro atoms. The Labute approximate surface area is 135 Å². The van der Waals surface area contributed by atoms with Crippen molar-refractivity contribution in [3.63, 3.8) is 0 Å². The molecule has 0 bridgehead atoms. The van der Waals surface area contributed by atoms with Gasteiger partial charge in [0.25, 0.3) is 0 Å². The SMILES string of the molecule is Cc1ccc2c(c1N1C=CN(C)[C@@H]1C)Sc1ccccc1O2. The third-order valence-corrected chi connectivity index (χ3v) is 5.45. The molecular formula is C18H18N2OS. The van der Waals surface area contributed by atoms with Crippen LogP contribution in [0.2, 0.25) is 0 Å². The van der Waals surface area contributed by atoms with Crippen LogP contribution >= 0.6 is 11.8 Å². The molecule has 0 N–H and O–H groups in total. The van der Waals surface area contributed by atoms with E-state index in [1.54, 1.807) is 11.8 Å². The van der Waals surface area contributed by atoms with Gasteiger partial charge < -0.3 is 14.5 Å². The van der Waals surface area contributed by atoms with Crippen molar-refractivity contribution in [2.45, 2.75) is 29.8 Å². The van der Waals surface area contributed by atoms with Crippen molar-refractivity contribution in [3.8, 4) is 11.5 Å². The van der Waals surface area contributed by atoms with Crippen LogP contribution in [0.15, 0.2) is 58.6 Å². The van der Waals surface area contributed by atoms with E-state index in [0.29, 0.717) is 6.17 Å². The van der Waals surface area contributed by atoms with E-state index in [4.69, 9.17) is 4.74 Å². The highest BCUT2D eigenvalue weighted by atomic mass is 32.2. The van der Waals surface area contributed by atoms with Gasteiger partial charge in [0, 0.05) is 19.4 Å². The molecule has 0 amide bonds. The molecule has 2 heterocycles. The minimum Gasteiger partial charge on any atom is -0.455 e. The first-order valence-corrected chi connectivity index (χ1v) is 8.24. The Kier molecular flexibility index (Phi) is 3.08. The predicted octanol–water partition coefficient (Wildman–Crippen LogP) is 4.82. The lowest BCUT2D eigenvalue weighted by Crippen LogP contribution is -2.34. The second kappa shape index (κ2) is 4.99. The molecule has 2 aliphatic rings. The van der Waals surface area contributed by atoms with Gasteiger partial charge in [-0.3, -0.25) is 0 Å². The lowest BCUT2D eigenvalue weighted by molar-refractivity contribution is 0.381. The molecule has 0 fully saturated rings. The highest BCUT2D eigenvalue weighted by Crippen LogP contribution is 2.52. The first-order valence-electron chi connectivity index (χ1n) is 7.42. The van der Waals surface area contributed by atoms with E-state index in [9.17, 15) is 0 Å². The van der Waals surface area contributed by atoms with E-state index in [2.05, 4.69) is 67.4 Å². The Hall–Kier alpha value is -2.07. The number of ether oxygens (including phenoxy) is 1. The van der Waals surface area contributed by atoms with Crippen LogP contribution in [0.1, 0.15) is 12.5 Å². The van der Waals surface area contributed by atoms with Crippen LogP contribution in [-0.2, 0) is 0 Å². The largest absolute Gasteiger partial charge is 0.455 e. The van der Waals surface area contributed by atoms with Gasteiger partial charge in [0.15, 0.2) is 0 Å². The van der Waals surface area contributed by atoms with Crippen LogP contribution in [0.5, 0.6) is 11.5 Å². The van der Waals surface area contributed by atoms with Crippen LogP contribution in [-0.4, -0.2) is 18.1 Å². The highest BCUT2D eigenvalue weighted by Gasteiger charge is 2.28. The second-order valence-corrected chi connectivity index (χ2v) is 6.76. The first-order chi connectivity index (χ1) is 10.6. The smallest absolute Gasteiger partial charge is 0.143 e. The van der Waals surface area contributed by atoms with Crippen molar-refractivity contribution >= 4 is 17.4 Å². The fourth-order valence-electron chi connectivity index (χ4n) is 2.88. The van der Waals surface area contributed by atoms with Crippen molar-refractivity contribution in [2.75, 3.05) is 11.9 Å². The Morgan fingerprint density at radius 3 is 2.64 bits per heavy atom. The zero-order valence-corrected chi connectivity index (χ0v) is 13.7. The van der Waals surface area contributed by atoms with E-state index >= 15 is 0 Å². The molecule has 4 rings (SSSR count). The van der Waals surface area contributed by atoms with Gasteiger partial charge in [0.2, 0.25) is 0 Å². The van der Waals surface area contributed by atoms with Crippen molar-refractivity contribution in [1.29, 1.82) is 0 Å². The number of aryl methyl sites for hydroxylation is 1. The highest BCUT2D eigenvalue weighted by molar-refractivity contribution is 7.99. The topological polar surface area (TPSA) is 15.7 Å². The maximum atomic E-state index is 6.11. The summed E-state index contributed by atoms with van der Waals surface area (Å²) in [6.07, 6.45) is 4.57. The summed E-state index contributed by atoms with van der Waals surface area (Å²) in [5, 5.41) is 0. The summed E-state index contributed by atoms with van der Waals surface area (Å²) in [5.74, 6) is 1.89. The summed E-state index contributed by atoms with van der Waals surface area (Å²) in [5.41, 5.74) is 2.51. The standard InChI is InChI=1S/C18H18N2OS/c1-12-8-9-15-18(17(12)20-11-10-19(3)13(20)2)22-16-7-5-4-6-14(16)21-15/h4-11,13H,1-3H3/t13-/m0/s1. The van der Waals surface area contributed by atoms with E-state index in [-0.39, 0.29) is 0 Å². The Bertz CT molecular complexity index is 772. The Morgan fingerprint density at radius 1 is 1.05 bits per heavy atom. The van der Waals surface area contributed by atoms with E-state index in [1.807, 2.05) is 12.1 Å². The minimum atomic E-state index is 0.308. The third kappa shape index (κ3) is 1.98. The molecule has 0 saturated carbocycles. The fourth-order valence-corrected chi connectivity index (χ4v) is 4.03. The van der Waals surface area contributed by atoms with Gasteiger partial charge in [0.05, 0.1) is 15.5 Å². The first kappa shape index (κ1) is 13.6. The zero-order chi connectivity index (χ0) is 15.3. The molecule has 2 aromatic rings. The minimum absolute atomic E-state index is 0.308. The number of nitrogens with zero attached hydrogens (tertiary/aromatic N) is 2. The van der Waals surface area contributed by atoms with Crippen molar-refractivity contribution in [2.24, 2.45) is 0 Å². The van der Waals surface area contributed by atoms with Gasteiger partial charge in [-0.25, -0.2) is 0 Å². The van der Waals surface area contributed by atoms with Crippen LogP contribution in [0.25, 0.3) is 0 Å². The molecule has 4 heteroatoms. The van der Waals surface area contributed by atoms with Gasteiger partial charge >= 0.3 is 0 Å². The number of fused-ring (bicyclic) bond motifs is 2. The van der Waals surface area contributed by atoms with Gasteiger partial charge in [-0.1, -0.05) is 30.0 Å². The average Bonchev–Trinajstić information content (AvgIpc) is 2.85. The van der Waals surface area contributed by atoms with E-state index in [1.165, 1.54) is 21.0 Å². The summed E-state index contributed by atoms with van der Waals surface area (Å²) < 4.78 is 6.11. The molecule has 22 heavy (non-hydrogen) atoms. The molecule has 1 atom stereocenters. The summed E-state index contributed by atoms with van der Waals surface area (Å²) in [6.45, 7) is 4.37. The lowest BCUT2D eigenvalue weighted by Gasteiger charge is -2.32. The second-order valence-electron chi connectivity index (χ2n) is 5.71. The van der Waals surface area contributed by atoms with Crippen LogP contribution in [0, 0.1) is 6.92 Å². The number of para-hydroxylation sites is 1. The Morgan fingerprint density at radius 2 is 1.86 bits per heavy atom. The number of rotatable bonds is 1. The summed E-state index contributed by atoms with van der Waals surface area (Å²) in [4.78, 5) is 6.90. The predicted molar refractivity (Wildman–Crippen MR) is 90.7 cm³/mol. The summed E-state index contributed by atoms with van der Waals surface area (Å²) >= 11 is 1.79. The molecule has 3 nitrogen and oxygen atoms in total. The molecule has 112 valence electrons. The third-order valence-electron chi connectivity index (χ3n) is 4.29. The van der Waals surface area contributed by atoms with Crippen LogP contribution < -0.4 is 9.64 Å². The van der Waals surface area contributed by atoms with Crippen molar-refractivity contribution < 1.29 is 4.74 Å². The fraction of sp³-hybridized carbons (Fsp3) is 0.222. The van der Waals surface area contributed by atoms with Crippen LogP contribution in [0.4, 0.5) is 5.69 Å². The average molecular weight is 310 g/mol. The van der Waals surface area contributed by atoms with E-state index in [0.717, 1.165) is 11.5 Å². The molecule has 0 unspecified atom stereocenters. The van der Waals surface area contributed by atoms with Gasteiger partial charge in [-0.2, -0.15) is 0 Å². The molecule has 0 aromatic heterocycles. The van der Waals surface area contributed by atoms with Gasteiger partial charge in [0.1, 0.15) is 17.7 Å². The molecule has 0 radical (unpaired) electrons. The van der Waals surface area contributed by atoms with Crippen LogP contribution in [0.3, 0.4) is 0 Å².